The Morgan fingerprint density at radius 1 is 1.19 bits per heavy atom. The minimum absolute atomic E-state index is 0.284. The zero-order valence-electron chi connectivity index (χ0n) is 11.4. The summed E-state index contributed by atoms with van der Waals surface area (Å²) in [6.07, 6.45) is 0.818. The number of nitrogen functional groups attached to an aromatic ring is 1. The van der Waals surface area contributed by atoms with Gasteiger partial charge in [-0.05, 0) is 18.6 Å². The molecule has 1 heterocycles. The Kier molecular flexibility index (Phi) is 4.89. The van der Waals surface area contributed by atoms with E-state index in [1.165, 1.54) is 0 Å². The van der Waals surface area contributed by atoms with Crippen LogP contribution in [0, 0.1) is 11.6 Å². The molecule has 0 aliphatic carbocycles. The molecule has 1 aromatic heterocycles. The van der Waals surface area contributed by atoms with Crippen molar-refractivity contribution in [3.05, 3.63) is 42.0 Å². The Labute approximate surface area is 120 Å². The van der Waals surface area contributed by atoms with Crippen LogP contribution in [0.2, 0.25) is 0 Å². The second-order valence-corrected chi connectivity index (χ2v) is 4.15. The highest BCUT2D eigenvalue weighted by molar-refractivity contribution is 5.44. The molecule has 21 heavy (non-hydrogen) atoms. The standard InChI is InChI=1S/C14H15F2N3O2/c1-2-7-20-11-5-3-4-6-12(11)21-14-10(16)8-9(15)13(18-14)19-17/h3-6,8H,2,7,17H2,1H3,(H,18,19). The Morgan fingerprint density at radius 3 is 2.57 bits per heavy atom. The molecule has 0 aliphatic heterocycles. The maximum Gasteiger partial charge on any atom is 0.258 e. The fourth-order valence-corrected chi connectivity index (χ4v) is 1.59. The summed E-state index contributed by atoms with van der Waals surface area (Å²) in [5, 5.41) is 0. The normalized spacial score (nSPS) is 10.3. The summed E-state index contributed by atoms with van der Waals surface area (Å²) in [4.78, 5) is 3.64. The van der Waals surface area contributed by atoms with Crippen molar-refractivity contribution in [3.63, 3.8) is 0 Å². The Hall–Kier alpha value is -2.41. The van der Waals surface area contributed by atoms with E-state index in [1.54, 1.807) is 24.3 Å². The van der Waals surface area contributed by atoms with E-state index in [0.717, 1.165) is 6.42 Å². The first-order valence-corrected chi connectivity index (χ1v) is 6.38. The lowest BCUT2D eigenvalue weighted by Gasteiger charge is -2.12. The van der Waals surface area contributed by atoms with Crippen LogP contribution in [0.15, 0.2) is 30.3 Å². The number of ether oxygens (including phenoxy) is 2. The lowest BCUT2D eigenvalue weighted by atomic mass is 10.3. The monoisotopic (exact) mass is 295 g/mol. The summed E-state index contributed by atoms with van der Waals surface area (Å²) in [6, 6.07) is 7.41. The second-order valence-electron chi connectivity index (χ2n) is 4.15. The summed E-state index contributed by atoms with van der Waals surface area (Å²) in [6.45, 7) is 2.46. The minimum atomic E-state index is -0.934. The number of rotatable bonds is 6. The maximum absolute atomic E-state index is 13.7. The highest BCUT2D eigenvalue weighted by atomic mass is 19.1. The predicted octanol–water partition coefficient (Wildman–Crippen LogP) is 3.23. The summed E-state index contributed by atoms with van der Waals surface area (Å²) in [5.74, 6) is 3.30. The molecule has 0 fully saturated rings. The molecule has 0 radical (unpaired) electrons. The van der Waals surface area contributed by atoms with Crippen LogP contribution in [0.5, 0.6) is 17.4 Å². The van der Waals surface area contributed by atoms with E-state index in [9.17, 15) is 8.78 Å². The zero-order valence-corrected chi connectivity index (χ0v) is 11.4. The molecule has 7 heteroatoms. The number of anilines is 1. The first-order chi connectivity index (χ1) is 10.2. The Morgan fingerprint density at radius 2 is 1.90 bits per heavy atom. The topological polar surface area (TPSA) is 69.4 Å². The number of benzene rings is 1. The second kappa shape index (κ2) is 6.85. The largest absolute Gasteiger partial charge is 0.490 e. The zero-order chi connectivity index (χ0) is 15.2. The fraction of sp³-hybridized carbons (Fsp3) is 0.214. The Bertz CT molecular complexity index is 623. The molecule has 0 atom stereocenters. The van der Waals surface area contributed by atoms with Crippen LogP contribution in [0.1, 0.15) is 13.3 Å². The maximum atomic E-state index is 13.7. The van der Waals surface area contributed by atoms with Crippen molar-refractivity contribution in [2.45, 2.75) is 13.3 Å². The number of hydrogen-bond acceptors (Lipinski definition) is 5. The van der Waals surface area contributed by atoms with E-state index in [0.29, 0.717) is 18.4 Å². The van der Waals surface area contributed by atoms with Crippen molar-refractivity contribution in [2.24, 2.45) is 5.84 Å². The van der Waals surface area contributed by atoms with E-state index in [4.69, 9.17) is 15.3 Å². The number of nitrogens with two attached hydrogens (primary N) is 1. The number of hydrogen-bond donors (Lipinski definition) is 2. The number of para-hydroxylation sites is 2. The van der Waals surface area contributed by atoms with Crippen LogP contribution >= 0.6 is 0 Å². The average molecular weight is 295 g/mol. The van der Waals surface area contributed by atoms with Gasteiger partial charge in [-0.1, -0.05) is 19.1 Å². The fourth-order valence-electron chi connectivity index (χ4n) is 1.59. The molecule has 5 nitrogen and oxygen atoms in total. The first-order valence-electron chi connectivity index (χ1n) is 6.38. The lowest BCUT2D eigenvalue weighted by molar-refractivity contribution is 0.298. The molecule has 0 unspecified atom stereocenters. The number of nitrogens with one attached hydrogen (secondary N) is 1. The van der Waals surface area contributed by atoms with Crippen LogP contribution in [-0.2, 0) is 0 Å². The van der Waals surface area contributed by atoms with Gasteiger partial charge in [0, 0.05) is 6.07 Å². The van der Waals surface area contributed by atoms with Crippen molar-refractivity contribution in [1.29, 1.82) is 0 Å². The van der Waals surface area contributed by atoms with Gasteiger partial charge in [0.1, 0.15) is 0 Å². The third kappa shape index (κ3) is 3.57. The molecule has 0 bridgehead atoms. The van der Waals surface area contributed by atoms with E-state index in [2.05, 4.69) is 4.98 Å². The van der Waals surface area contributed by atoms with Gasteiger partial charge in [-0.25, -0.2) is 14.6 Å². The van der Waals surface area contributed by atoms with E-state index in [-0.39, 0.29) is 11.6 Å². The molecule has 1 aromatic carbocycles. The summed E-state index contributed by atoms with van der Waals surface area (Å²) in [5.41, 5.74) is 2.03. The summed E-state index contributed by atoms with van der Waals surface area (Å²) < 4.78 is 37.8. The molecule has 0 aliphatic rings. The summed E-state index contributed by atoms with van der Waals surface area (Å²) >= 11 is 0. The molecule has 0 amide bonds. The van der Waals surface area contributed by atoms with Gasteiger partial charge in [-0.2, -0.15) is 4.98 Å². The predicted molar refractivity (Wildman–Crippen MR) is 74.3 cm³/mol. The SMILES string of the molecule is CCCOc1ccccc1Oc1nc(NN)c(F)cc1F. The molecule has 2 rings (SSSR count). The third-order valence-corrected chi connectivity index (χ3v) is 2.55. The highest BCUT2D eigenvalue weighted by Gasteiger charge is 2.15. The number of nitrogens with zero attached hydrogens (tertiary/aromatic N) is 1. The molecule has 112 valence electrons. The first kappa shape index (κ1) is 15.0. The van der Waals surface area contributed by atoms with Crippen LogP contribution in [0.25, 0.3) is 0 Å². The number of halogens is 2. The van der Waals surface area contributed by atoms with Crippen LogP contribution < -0.4 is 20.7 Å². The number of aromatic nitrogens is 1. The van der Waals surface area contributed by atoms with Crippen molar-refractivity contribution in [2.75, 3.05) is 12.0 Å². The van der Waals surface area contributed by atoms with Gasteiger partial charge in [-0.3, -0.25) is 0 Å². The average Bonchev–Trinajstić information content (AvgIpc) is 2.49. The van der Waals surface area contributed by atoms with E-state index < -0.39 is 17.5 Å². The van der Waals surface area contributed by atoms with E-state index >= 15 is 0 Å². The van der Waals surface area contributed by atoms with Crippen molar-refractivity contribution >= 4 is 5.82 Å². The van der Waals surface area contributed by atoms with Crippen molar-refractivity contribution in [1.82, 2.24) is 4.98 Å². The Balaban J connectivity index is 2.30. The van der Waals surface area contributed by atoms with Gasteiger partial charge in [0.05, 0.1) is 6.61 Å². The molecule has 0 spiro atoms. The van der Waals surface area contributed by atoms with Gasteiger partial charge >= 0.3 is 0 Å². The summed E-state index contributed by atoms with van der Waals surface area (Å²) in [7, 11) is 0. The van der Waals surface area contributed by atoms with Crippen molar-refractivity contribution < 1.29 is 18.3 Å². The van der Waals surface area contributed by atoms with Gasteiger partial charge in [0.15, 0.2) is 29.0 Å². The van der Waals surface area contributed by atoms with Crippen molar-refractivity contribution in [3.8, 4) is 17.4 Å². The molecule has 0 saturated carbocycles. The van der Waals surface area contributed by atoms with Gasteiger partial charge < -0.3 is 14.9 Å². The molecular formula is C14H15F2N3O2. The number of hydrazine groups is 1. The van der Waals surface area contributed by atoms with Gasteiger partial charge in [0.25, 0.3) is 5.88 Å². The van der Waals surface area contributed by atoms with E-state index in [1.807, 2.05) is 12.3 Å². The molecular weight excluding hydrogens is 280 g/mol. The molecule has 2 aromatic rings. The number of pyridine rings is 1. The highest BCUT2D eigenvalue weighted by Crippen LogP contribution is 2.32. The van der Waals surface area contributed by atoms with Gasteiger partial charge in [-0.15, -0.1) is 0 Å². The lowest BCUT2D eigenvalue weighted by Crippen LogP contribution is -2.11. The van der Waals surface area contributed by atoms with Crippen LogP contribution in [0.3, 0.4) is 0 Å². The quantitative estimate of drug-likeness (QED) is 0.632. The third-order valence-electron chi connectivity index (χ3n) is 2.55. The van der Waals surface area contributed by atoms with Gasteiger partial charge in [0.2, 0.25) is 0 Å². The molecule has 3 N–H and O–H groups in total. The molecule has 0 saturated heterocycles. The van der Waals surface area contributed by atoms with Crippen LogP contribution in [0.4, 0.5) is 14.6 Å². The smallest absolute Gasteiger partial charge is 0.258 e. The van der Waals surface area contributed by atoms with Crippen LogP contribution in [-0.4, -0.2) is 11.6 Å². The minimum Gasteiger partial charge on any atom is -0.490 e.